The van der Waals surface area contributed by atoms with Gasteiger partial charge in [0.15, 0.2) is 0 Å². The molecular formula is C14H18N4S. The van der Waals surface area contributed by atoms with Gasteiger partial charge in [0.1, 0.15) is 10.8 Å². The minimum Gasteiger partial charge on any atom is -0.383 e. The molecule has 19 heavy (non-hydrogen) atoms. The molecule has 0 radical (unpaired) electrons. The predicted molar refractivity (Wildman–Crippen MR) is 79.0 cm³/mol. The third kappa shape index (κ3) is 2.35. The highest BCUT2D eigenvalue weighted by Gasteiger charge is 2.23. The number of anilines is 1. The Hall–Kier alpha value is -1.46. The Labute approximate surface area is 117 Å². The largest absolute Gasteiger partial charge is 0.383 e. The second-order valence-corrected chi connectivity index (χ2v) is 6.22. The molecule has 0 saturated carbocycles. The fourth-order valence-corrected chi connectivity index (χ4v) is 3.54. The van der Waals surface area contributed by atoms with E-state index in [4.69, 9.17) is 10.7 Å². The number of fused-ring (bicyclic) bond motifs is 1. The minimum absolute atomic E-state index is 0.564. The van der Waals surface area contributed by atoms with Crippen molar-refractivity contribution in [2.45, 2.75) is 32.9 Å². The SMILES string of the molecule is CC(C)N1CCc2nc(-c3cccnc3N)sc2C1. The van der Waals surface area contributed by atoms with Gasteiger partial charge in [0.2, 0.25) is 0 Å². The Morgan fingerprint density at radius 3 is 3.00 bits per heavy atom. The Kier molecular flexibility index (Phi) is 3.24. The lowest BCUT2D eigenvalue weighted by atomic mass is 10.1. The number of thiazole rings is 1. The van der Waals surface area contributed by atoms with Gasteiger partial charge in [-0.1, -0.05) is 0 Å². The maximum Gasteiger partial charge on any atom is 0.133 e. The molecule has 5 heteroatoms. The van der Waals surface area contributed by atoms with Crippen molar-refractivity contribution in [2.24, 2.45) is 0 Å². The van der Waals surface area contributed by atoms with Gasteiger partial charge in [-0.05, 0) is 26.0 Å². The summed E-state index contributed by atoms with van der Waals surface area (Å²) in [6.45, 7) is 6.58. The van der Waals surface area contributed by atoms with Crippen LogP contribution in [0.5, 0.6) is 0 Å². The quantitative estimate of drug-likeness (QED) is 0.914. The number of nitrogen functional groups attached to an aromatic ring is 1. The molecule has 1 aliphatic rings. The van der Waals surface area contributed by atoms with Crippen molar-refractivity contribution in [2.75, 3.05) is 12.3 Å². The minimum atomic E-state index is 0.564. The first-order chi connectivity index (χ1) is 9.15. The molecule has 3 heterocycles. The molecule has 2 aromatic heterocycles. The van der Waals surface area contributed by atoms with Crippen molar-refractivity contribution in [3.8, 4) is 10.6 Å². The van der Waals surface area contributed by atoms with Gasteiger partial charge in [0.25, 0.3) is 0 Å². The molecular weight excluding hydrogens is 256 g/mol. The van der Waals surface area contributed by atoms with E-state index in [1.54, 1.807) is 17.5 Å². The number of aromatic nitrogens is 2. The first-order valence-corrected chi connectivity index (χ1v) is 7.40. The lowest BCUT2D eigenvalue weighted by Gasteiger charge is -2.29. The third-order valence-corrected chi connectivity index (χ3v) is 4.68. The number of nitrogens with zero attached hydrogens (tertiary/aromatic N) is 3. The van der Waals surface area contributed by atoms with Crippen LogP contribution in [0.1, 0.15) is 24.4 Å². The highest BCUT2D eigenvalue weighted by molar-refractivity contribution is 7.15. The molecule has 3 rings (SSSR count). The Balaban J connectivity index is 1.94. The Morgan fingerprint density at radius 1 is 1.42 bits per heavy atom. The van der Waals surface area contributed by atoms with Crippen molar-refractivity contribution in [3.05, 3.63) is 28.9 Å². The summed E-state index contributed by atoms with van der Waals surface area (Å²) < 4.78 is 0. The van der Waals surface area contributed by atoms with E-state index < -0.39 is 0 Å². The molecule has 0 atom stereocenters. The van der Waals surface area contributed by atoms with Gasteiger partial charge in [0, 0.05) is 36.6 Å². The van der Waals surface area contributed by atoms with Crippen molar-refractivity contribution < 1.29 is 0 Å². The number of hydrogen-bond donors (Lipinski definition) is 1. The van der Waals surface area contributed by atoms with E-state index in [2.05, 4.69) is 23.7 Å². The van der Waals surface area contributed by atoms with Crippen LogP contribution in [0.3, 0.4) is 0 Å². The summed E-state index contributed by atoms with van der Waals surface area (Å²) >= 11 is 1.75. The first kappa shape index (κ1) is 12.6. The second kappa shape index (κ2) is 4.90. The summed E-state index contributed by atoms with van der Waals surface area (Å²) in [7, 11) is 0. The standard InChI is InChI=1S/C14H18N4S/c1-9(2)18-7-5-11-12(8-18)19-14(17-11)10-4-3-6-16-13(10)15/h3-4,6,9H,5,7-8H2,1-2H3,(H2,15,16). The molecule has 0 unspecified atom stereocenters. The van der Waals surface area contributed by atoms with E-state index in [0.717, 1.165) is 30.1 Å². The van der Waals surface area contributed by atoms with Crippen LogP contribution in [0.25, 0.3) is 10.6 Å². The van der Waals surface area contributed by atoms with Crippen LogP contribution >= 0.6 is 11.3 Å². The molecule has 0 saturated heterocycles. The van der Waals surface area contributed by atoms with E-state index in [9.17, 15) is 0 Å². The Bertz CT molecular complexity index is 591. The fourth-order valence-electron chi connectivity index (χ4n) is 2.37. The average molecular weight is 274 g/mol. The normalized spacial score (nSPS) is 15.7. The van der Waals surface area contributed by atoms with Crippen LogP contribution in [-0.2, 0) is 13.0 Å². The van der Waals surface area contributed by atoms with Crippen LogP contribution in [0.2, 0.25) is 0 Å². The van der Waals surface area contributed by atoms with Crippen molar-refractivity contribution in [1.29, 1.82) is 0 Å². The average Bonchev–Trinajstić information content (AvgIpc) is 2.81. The van der Waals surface area contributed by atoms with Gasteiger partial charge in [-0.2, -0.15) is 0 Å². The molecule has 0 aliphatic carbocycles. The van der Waals surface area contributed by atoms with E-state index in [1.165, 1.54) is 10.6 Å². The predicted octanol–water partition coefficient (Wildman–Crippen LogP) is 2.55. The van der Waals surface area contributed by atoms with Crippen LogP contribution in [0.4, 0.5) is 5.82 Å². The molecule has 0 aromatic carbocycles. The van der Waals surface area contributed by atoms with Gasteiger partial charge in [-0.3, -0.25) is 4.90 Å². The summed E-state index contributed by atoms with van der Waals surface area (Å²) in [6.07, 6.45) is 2.75. The maximum atomic E-state index is 5.93. The molecule has 1 aliphatic heterocycles. The van der Waals surface area contributed by atoms with E-state index in [1.807, 2.05) is 12.1 Å². The molecule has 0 spiro atoms. The van der Waals surface area contributed by atoms with E-state index >= 15 is 0 Å². The van der Waals surface area contributed by atoms with Crippen molar-refractivity contribution in [1.82, 2.24) is 14.9 Å². The summed E-state index contributed by atoms with van der Waals surface area (Å²) in [6, 6.07) is 4.49. The summed E-state index contributed by atoms with van der Waals surface area (Å²) in [5.74, 6) is 0.564. The zero-order valence-electron chi connectivity index (χ0n) is 11.3. The number of hydrogen-bond acceptors (Lipinski definition) is 5. The zero-order valence-corrected chi connectivity index (χ0v) is 12.1. The smallest absolute Gasteiger partial charge is 0.133 e. The highest BCUT2D eigenvalue weighted by Crippen LogP contribution is 2.33. The topological polar surface area (TPSA) is 55.0 Å². The second-order valence-electron chi connectivity index (χ2n) is 5.14. The van der Waals surface area contributed by atoms with Gasteiger partial charge in [-0.15, -0.1) is 11.3 Å². The van der Waals surface area contributed by atoms with Crippen LogP contribution in [-0.4, -0.2) is 27.5 Å². The highest BCUT2D eigenvalue weighted by atomic mass is 32.1. The number of pyridine rings is 1. The zero-order chi connectivity index (χ0) is 13.4. The first-order valence-electron chi connectivity index (χ1n) is 6.58. The molecule has 0 amide bonds. The molecule has 2 N–H and O–H groups in total. The van der Waals surface area contributed by atoms with E-state index in [0.29, 0.717) is 11.9 Å². The van der Waals surface area contributed by atoms with Gasteiger partial charge in [-0.25, -0.2) is 9.97 Å². The van der Waals surface area contributed by atoms with Gasteiger partial charge >= 0.3 is 0 Å². The van der Waals surface area contributed by atoms with Crippen molar-refractivity contribution >= 4 is 17.2 Å². The summed E-state index contributed by atoms with van der Waals surface area (Å²) in [5.41, 5.74) is 8.12. The molecule has 4 nitrogen and oxygen atoms in total. The van der Waals surface area contributed by atoms with Gasteiger partial charge in [0.05, 0.1) is 11.3 Å². The summed E-state index contributed by atoms with van der Waals surface area (Å²) in [5, 5.41) is 1.00. The monoisotopic (exact) mass is 274 g/mol. The third-order valence-electron chi connectivity index (χ3n) is 3.56. The Morgan fingerprint density at radius 2 is 2.26 bits per heavy atom. The summed E-state index contributed by atoms with van der Waals surface area (Å²) in [4.78, 5) is 12.7. The van der Waals surface area contributed by atoms with E-state index in [-0.39, 0.29) is 0 Å². The number of rotatable bonds is 2. The fraction of sp³-hybridized carbons (Fsp3) is 0.429. The number of nitrogens with two attached hydrogens (primary N) is 1. The molecule has 0 bridgehead atoms. The molecule has 0 fully saturated rings. The van der Waals surface area contributed by atoms with Crippen molar-refractivity contribution in [3.63, 3.8) is 0 Å². The lowest BCUT2D eigenvalue weighted by molar-refractivity contribution is 0.205. The maximum absolute atomic E-state index is 5.93. The lowest BCUT2D eigenvalue weighted by Crippen LogP contribution is -2.35. The molecule has 100 valence electrons. The van der Waals surface area contributed by atoms with Crippen LogP contribution in [0.15, 0.2) is 18.3 Å². The molecule has 2 aromatic rings. The van der Waals surface area contributed by atoms with Gasteiger partial charge < -0.3 is 5.73 Å². The van der Waals surface area contributed by atoms with Crippen LogP contribution in [0, 0.1) is 0 Å². The van der Waals surface area contributed by atoms with Crippen LogP contribution < -0.4 is 5.73 Å².